The Labute approximate surface area is 126 Å². The highest BCUT2D eigenvalue weighted by Gasteiger charge is 2.23. The highest BCUT2D eigenvalue weighted by Crippen LogP contribution is 2.23. The molecule has 2 aromatic rings. The predicted molar refractivity (Wildman–Crippen MR) is 85.6 cm³/mol. The molecule has 0 bridgehead atoms. The lowest BCUT2D eigenvalue weighted by molar-refractivity contribution is 0.593. The number of rotatable bonds is 4. The molecule has 0 N–H and O–H groups in total. The summed E-state index contributed by atoms with van der Waals surface area (Å²) in [6.07, 6.45) is 0. The van der Waals surface area contributed by atoms with Gasteiger partial charge in [0.15, 0.2) is 0 Å². The van der Waals surface area contributed by atoms with Crippen molar-refractivity contribution < 1.29 is 8.42 Å². The molecule has 108 valence electrons. The van der Waals surface area contributed by atoms with E-state index >= 15 is 0 Å². The molecule has 0 aromatic heterocycles. The first-order chi connectivity index (χ1) is 10.1. The lowest BCUT2D eigenvalue weighted by atomic mass is 10.2. The van der Waals surface area contributed by atoms with Gasteiger partial charge < -0.3 is 0 Å². The number of hydrogen-bond acceptors (Lipinski definition) is 2. The lowest BCUT2D eigenvalue weighted by Crippen LogP contribution is -2.31. The Morgan fingerprint density at radius 3 is 2.19 bits per heavy atom. The first kappa shape index (κ1) is 15.1. The molecule has 0 atom stereocenters. The van der Waals surface area contributed by atoms with Gasteiger partial charge in [-0.15, -0.1) is 5.92 Å². The number of aryl methyl sites for hydroxylation is 1. The first-order valence-electron chi connectivity index (χ1n) is 6.60. The zero-order valence-electron chi connectivity index (χ0n) is 12.1. The third-order valence-electron chi connectivity index (χ3n) is 3.05. The summed E-state index contributed by atoms with van der Waals surface area (Å²) in [5, 5.41) is 0. The van der Waals surface area contributed by atoms with E-state index in [0.717, 1.165) is 5.56 Å². The summed E-state index contributed by atoms with van der Waals surface area (Å²) < 4.78 is 26.9. The van der Waals surface area contributed by atoms with Gasteiger partial charge in [-0.3, -0.25) is 4.31 Å². The Kier molecular flexibility index (Phi) is 4.66. The van der Waals surface area contributed by atoms with Crippen molar-refractivity contribution in [2.45, 2.75) is 18.7 Å². The van der Waals surface area contributed by atoms with Crippen molar-refractivity contribution in [3.63, 3.8) is 0 Å². The quantitative estimate of drug-likeness (QED) is 0.813. The van der Waals surface area contributed by atoms with E-state index in [-0.39, 0.29) is 11.4 Å². The molecular weight excluding hydrogens is 282 g/mol. The van der Waals surface area contributed by atoms with Crippen molar-refractivity contribution in [2.24, 2.45) is 0 Å². The van der Waals surface area contributed by atoms with Gasteiger partial charge >= 0.3 is 0 Å². The Morgan fingerprint density at radius 2 is 1.62 bits per heavy atom. The predicted octanol–water partition coefficient (Wildman–Crippen LogP) is 3.21. The second kappa shape index (κ2) is 6.47. The van der Waals surface area contributed by atoms with Crippen LogP contribution in [0.1, 0.15) is 12.5 Å². The number of hydrogen-bond donors (Lipinski definition) is 0. The van der Waals surface area contributed by atoms with Gasteiger partial charge in [-0.25, -0.2) is 8.42 Å². The van der Waals surface area contributed by atoms with Gasteiger partial charge in [0.1, 0.15) is 0 Å². The monoisotopic (exact) mass is 299 g/mol. The smallest absolute Gasteiger partial charge is 0.254 e. The topological polar surface area (TPSA) is 37.4 Å². The molecule has 3 nitrogen and oxygen atoms in total. The molecule has 0 unspecified atom stereocenters. The van der Waals surface area contributed by atoms with Crippen molar-refractivity contribution in [3.8, 4) is 11.8 Å². The fourth-order valence-electron chi connectivity index (χ4n) is 1.90. The van der Waals surface area contributed by atoms with Crippen LogP contribution >= 0.6 is 0 Å². The molecule has 21 heavy (non-hydrogen) atoms. The van der Waals surface area contributed by atoms with Crippen LogP contribution in [0.3, 0.4) is 0 Å². The van der Waals surface area contributed by atoms with Crippen LogP contribution in [0.25, 0.3) is 0 Å². The third kappa shape index (κ3) is 3.45. The van der Waals surface area contributed by atoms with Crippen LogP contribution in [0.4, 0.5) is 5.69 Å². The molecule has 0 radical (unpaired) electrons. The fraction of sp³-hybridized carbons (Fsp3) is 0.176. The Balaban J connectivity index is 2.48. The molecule has 4 heteroatoms. The average molecular weight is 299 g/mol. The van der Waals surface area contributed by atoms with E-state index in [0.29, 0.717) is 5.69 Å². The van der Waals surface area contributed by atoms with Crippen molar-refractivity contribution >= 4 is 15.7 Å². The molecule has 0 fully saturated rings. The summed E-state index contributed by atoms with van der Waals surface area (Å²) in [6.45, 7) is 3.76. The van der Waals surface area contributed by atoms with E-state index in [1.807, 2.05) is 25.1 Å². The molecule has 0 saturated heterocycles. The number of para-hydroxylation sites is 1. The van der Waals surface area contributed by atoms with Gasteiger partial charge in [-0.1, -0.05) is 41.8 Å². The normalized spacial score (nSPS) is 10.6. The minimum Gasteiger partial charge on any atom is -0.254 e. The van der Waals surface area contributed by atoms with Gasteiger partial charge in [0, 0.05) is 0 Å². The van der Waals surface area contributed by atoms with Gasteiger partial charge in [0.25, 0.3) is 10.0 Å². The SMILES string of the molecule is CC#CCN(c1ccccc1)S(=O)(=O)c1ccc(C)cc1. The van der Waals surface area contributed by atoms with Crippen molar-refractivity contribution in [3.05, 3.63) is 60.2 Å². The molecule has 0 heterocycles. The molecule has 0 amide bonds. The summed E-state index contributed by atoms with van der Waals surface area (Å²) in [5.41, 5.74) is 1.63. The van der Waals surface area contributed by atoms with E-state index < -0.39 is 10.0 Å². The average Bonchev–Trinajstić information content (AvgIpc) is 2.49. The van der Waals surface area contributed by atoms with E-state index in [9.17, 15) is 8.42 Å². The summed E-state index contributed by atoms with van der Waals surface area (Å²) in [4.78, 5) is 0.273. The number of benzene rings is 2. The largest absolute Gasteiger partial charge is 0.265 e. The second-order valence-electron chi connectivity index (χ2n) is 4.59. The number of nitrogens with zero attached hydrogens (tertiary/aromatic N) is 1. The molecule has 0 aliphatic carbocycles. The molecular formula is C17H17NO2S. The van der Waals surface area contributed by atoms with E-state index in [1.54, 1.807) is 43.3 Å². The van der Waals surface area contributed by atoms with Crippen LogP contribution in [0.5, 0.6) is 0 Å². The molecule has 0 aliphatic heterocycles. The maximum absolute atomic E-state index is 12.8. The maximum atomic E-state index is 12.8. The summed E-state index contributed by atoms with van der Waals surface area (Å²) in [6, 6.07) is 15.8. The fourth-order valence-corrected chi connectivity index (χ4v) is 3.27. The van der Waals surface area contributed by atoms with Crippen LogP contribution in [0.2, 0.25) is 0 Å². The van der Waals surface area contributed by atoms with E-state index in [1.165, 1.54) is 4.31 Å². The van der Waals surface area contributed by atoms with Gasteiger partial charge in [-0.05, 0) is 38.1 Å². The highest BCUT2D eigenvalue weighted by atomic mass is 32.2. The molecule has 0 saturated carbocycles. The molecule has 2 rings (SSSR count). The van der Waals surface area contributed by atoms with Crippen LogP contribution in [0, 0.1) is 18.8 Å². The van der Waals surface area contributed by atoms with Crippen molar-refractivity contribution in [1.82, 2.24) is 0 Å². The minimum atomic E-state index is -3.61. The van der Waals surface area contributed by atoms with E-state index in [4.69, 9.17) is 0 Å². The van der Waals surface area contributed by atoms with Crippen LogP contribution in [0.15, 0.2) is 59.5 Å². The molecule has 0 aliphatic rings. The van der Waals surface area contributed by atoms with Crippen LogP contribution in [-0.2, 0) is 10.0 Å². The third-order valence-corrected chi connectivity index (χ3v) is 4.84. The Morgan fingerprint density at radius 1 is 1.00 bits per heavy atom. The molecule has 2 aromatic carbocycles. The zero-order chi connectivity index (χ0) is 15.3. The summed E-state index contributed by atoms with van der Waals surface area (Å²) in [5.74, 6) is 5.58. The zero-order valence-corrected chi connectivity index (χ0v) is 12.9. The standard InChI is InChI=1S/C17H17NO2S/c1-3-4-14-18(16-8-6-5-7-9-16)21(19,20)17-12-10-15(2)11-13-17/h5-13H,14H2,1-2H3. The highest BCUT2D eigenvalue weighted by molar-refractivity contribution is 7.92. The minimum absolute atomic E-state index is 0.136. The van der Waals surface area contributed by atoms with Crippen LogP contribution < -0.4 is 4.31 Å². The molecule has 0 spiro atoms. The summed E-state index contributed by atoms with van der Waals surface area (Å²) >= 11 is 0. The van der Waals surface area contributed by atoms with Gasteiger partial charge in [-0.2, -0.15) is 0 Å². The van der Waals surface area contributed by atoms with Crippen molar-refractivity contribution in [1.29, 1.82) is 0 Å². The van der Waals surface area contributed by atoms with E-state index in [2.05, 4.69) is 11.8 Å². The first-order valence-corrected chi connectivity index (χ1v) is 8.04. The van der Waals surface area contributed by atoms with Gasteiger partial charge in [0.2, 0.25) is 0 Å². The summed E-state index contributed by atoms with van der Waals surface area (Å²) in [7, 11) is -3.61. The maximum Gasteiger partial charge on any atom is 0.265 e. The van der Waals surface area contributed by atoms with Crippen LogP contribution in [-0.4, -0.2) is 15.0 Å². The van der Waals surface area contributed by atoms with Crippen molar-refractivity contribution in [2.75, 3.05) is 10.8 Å². The second-order valence-corrected chi connectivity index (χ2v) is 6.45. The lowest BCUT2D eigenvalue weighted by Gasteiger charge is -2.22. The number of sulfonamides is 1. The number of anilines is 1. The van der Waals surface area contributed by atoms with Gasteiger partial charge in [0.05, 0.1) is 17.1 Å². The Hall–Kier alpha value is -2.25. The Bertz CT molecular complexity index is 754.